The van der Waals surface area contributed by atoms with E-state index in [-0.39, 0.29) is 30.8 Å². The van der Waals surface area contributed by atoms with Crippen molar-refractivity contribution >= 4 is 23.8 Å². The van der Waals surface area contributed by atoms with Gasteiger partial charge in [0.1, 0.15) is 24.7 Å². The number of amides is 4. The molecule has 10 heteroatoms. The summed E-state index contributed by atoms with van der Waals surface area (Å²) in [5.41, 5.74) is 1.71. The molecule has 10 nitrogen and oxygen atoms in total. The lowest BCUT2D eigenvalue weighted by Crippen LogP contribution is -2.58. The number of carbonyl (C=O) groups excluding carboxylic acids is 4. The van der Waals surface area contributed by atoms with Crippen molar-refractivity contribution in [1.29, 1.82) is 0 Å². The number of aliphatic hydroxyl groups excluding tert-OH is 1. The fourth-order valence-electron chi connectivity index (χ4n) is 3.96. The van der Waals surface area contributed by atoms with Crippen LogP contribution < -0.4 is 21.3 Å². The Morgan fingerprint density at radius 2 is 1.15 bits per heavy atom. The number of rotatable bonds is 15. The molecule has 4 amide bonds. The number of alkyl carbamates (subject to hydrolysis) is 1. The summed E-state index contributed by atoms with van der Waals surface area (Å²) < 4.78 is 5.24. The molecule has 0 aliphatic rings. The quantitative estimate of drug-likeness (QED) is 0.229. The summed E-state index contributed by atoms with van der Waals surface area (Å²) in [4.78, 5) is 51.4. The standard InChI is InChI=1S/C30H42N4O6/c1-20(2)15-24(27(36)31-17-22-11-7-5-8-12-22)32-29(38)26(18-35)33-28(37)25(16-21(3)4)34-30(39)40-19-23-13-9-6-10-14-23/h5-14,20-21,24-26,35H,15-19H2,1-4H3,(H,31,36)(H,32,38)(H,33,37)(H,34,39)/t24-,25-,26-/m0/s1. The summed E-state index contributed by atoms with van der Waals surface area (Å²) in [6.45, 7) is 7.27. The maximum atomic E-state index is 13.1. The zero-order valence-corrected chi connectivity index (χ0v) is 23.7. The van der Waals surface area contributed by atoms with Crippen molar-refractivity contribution in [2.75, 3.05) is 6.61 Å². The van der Waals surface area contributed by atoms with Crippen LogP contribution in [0.4, 0.5) is 4.79 Å². The average Bonchev–Trinajstić information content (AvgIpc) is 2.93. The Morgan fingerprint density at radius 3 is 1.68 bits per heavy atom. The molecule has 0 radical (unpaired) electrons. The number of nitrogens with one attached hydrogen (secondary N) is 4. The molecule has 0 saturated carbocycles. The molecule has 0 aliphatic heterocycles. The van der Waals surface area contributed by atoms with Crippen molar-refractivity contribution < 1.29 is 29.0 Å². The van der Waals surface area contributed by atoms with E-state index in [1.165, 1.54) is 0 Å². The third-order valence-electron chi connectivity index (χ3n) is 5.99. The Bertz CT molecular complexity index is 1080. The zero-order chi connectivity index (χ0) is 29.5. The van der Waals surface area contributed by atoms with Gasteiger partial charge in [0, 0.05) is 6.54 Å². The lowest BCUT2D eigenvalue weighted by atomic mass is 10.0. The third kappa shape index (κ3) is 11.9. The molecule has 3 atom stereocenters. The van der Waals surface area contributed by atoms with Crippen molar-refractivity contribution in [3.05, 3.63) is 71.8 Å². The fraction of sp³-hybridized carbons (Fsp3) is 0.467. The smallest absolute Gasteiger partial charge is 0.408 e. The van der Waals surface area contributed by atoms with Gasteiger partial charge in [-0.15, -0.1) is 0 Å². The second-order valence-electron chi connectivity index (χ2n) is 10.5. The molecule has 0 heterocycles. The zero-order valence-electron chi connectivity index (χ0n) is 23.7. The molecule has 2 rings (SSSR count). The maximum Gasteiger partial charge on any atom is 0.408 e. The van der Waals surface area contributed by atoms with E-state index < -0.39 is 42.6 Å². The van der Waals surface area contributed by atoms with Crippen LogP contribution in [0.15, 0.2) is 60.7 Å². The number of carbonyl (C=O) groups is 4. The molecule has 0 aliphatic carbocycles. The van der Waals surface area contributed by atoms with Crippen molar-refractivity contribution in [2.45, 2.75) is 71.8 Å². The number of hydrogen-bond acceptors (Lipinski definition) is 6. The monoisotopic (exact) mass is 554 g/mol. The SMILES string of the molecule is CC(C)C[C@H](NC(=O)OCc1ccccc1)C(=O)N[C@@H](CO)C(=O)N[C@@H](CC(C)C)C(=O)NCc1ccccc1. The topological polar surface area (TPSA) is 146 Å². The minimum Gasteiger partial charge on any atom is -0.445 e. The lowest BCUT2D eigenvalue weighted by Gasteiger charge is -2.25. The van der Waals surface area contributed by atoms with E-state index in [0.717, 1.165) is 11.1 Å². The van der Waals surface area contributed by atoms with Gasteiger partial charge in [0.05, 0.1) is 6.61 Å². The minimum atomic E-state index is -1.32. The normalized spacial score (nSPS) is 13.2. The van der Waals surface area contributed by atoms with Gasteiger partial charge in [-0.1, -0.05) is 88.4 Å². The van der Waals surface area contributed by atoms with Crippen LogP contribution in [0.25, 0.3) is 0 Å². The Balaban J connectivity index is 2.00. The molecule has 0 saturated heterocycles. The summed E-state index contributed by atoms with van der Waals surface area (Å²) in [6, 6.07) is 15.3. The predicted molar refractivity (Wildman–Crippen MR) is 152 cm³/mol. The Labute approximate surface area is 236 Å². The van der Waals surface area contributed by atoms with Crippen LogP contribution in [0.1, 0.15) is 51.7 Å². The number of hydrogen-bond donors (Lipinski definition) is 5. The third-order valence-corrected chi connectivity index (χ3v) is 5.99. The van der Waals surface area contributed by atoms with Crippen LogP contribution in [-0.2, 0) is 32.3 Å². The number of aliphatic hydroxyl groups is 1. The molecule has 0 spiro atoms. The van der Waals surface area contributed by atoms with Gasteiger partial charge in [-0.2, -0.15) is 0 Å². The van der Waals surface area contributed by atoms with Gasteiger partial charge in [0.2, 0.25) is 17.7 Å². The first-order valence-corrected chi connectivity index (χ1v) is 13.6. The highest BCUT2D eigenvalue weighted by Crippen LogP contribution is 2.09. The molecule has 0 fully saturated rings. The van der Waals surface area contributed by atoms with E-state index in [1.54, 1.807) is 0 Å². The second kappa shape index (κ2) is 16.9. The van der Waals surface area contributed by atoms with E-state index >= 15 is 0 Å². The summed E-state index contributed by atoms with van der Waals surface area (Å²) >= 11 is 0. The molecular formula is C30H42N4O6. The molecule has 0 unspecified atom stereocenters. The molecule has 40 heavy (non-hydrogen) atoms. The highest BCUT2D eigenvalue weighted by Gasteiger charge is 2.30. The molecule has 0 bridgehead atoms. The largest absolute Gasteiger partial charge is 0.445 e. The maximum absolute atomic E-state index is 13.1. The van der Waals surface area contributed by atoms with Crippen LogP contribution in [-0.4, -0.2) is 53.7 Å². The Morgan fingerprint density at radius 1 is 0.675 bits per heavy atom. The summed E-state index contributed by atoms with van der Waals surface area (Å²) in [5, 5.41) is 20.4. The van der Waals surface area contributed by atoms with Gasteiger partial charge in [-0.3, -0.25) is 14.4 Å². The van der Waals surface area contributed by atoms with Gasteiger partial charge in [-0.25, -0.2) is 4.79 Å². The van der Waals surface area contributed by atoms with Gasteiger partial charge in [0.25, 0.3) is 0 Å². The summed E-state index contributed by atoms with van der Waals surface area (Å²) in [7, 11) is 0. The average molecular weight is 555 g/mol. The van der Waals surface area contributed by atoms with Gasteiger partial charge < -0.3 is 31.1 Å². The Kier molecular flexibility index (Phi) is 13.7. The molecule has 218 valence electrons. The minimum absolute atomic E-state index is 0.0357. The van der Waals surface area contributed by atoms with E-state index in [4.69, 9.17) is 4.74 Å². The number of ether oxygens (including phenoxy) is 1. The summed E-state index contributed by atoms with van der Waals surface area (Å²) in [5.74, 6) is -1.58. The van der Waals surface area contributed by atoms with Crippen LogP contribution in [0.3, 0.4) is 0 Å². The van der Waals surface area contributed by atoms with Crippen LogP contribution in [0.5, 0.6) is 0 Å². The first-order valence-electron chi connectivity index (χ1n) is 13.6. The van der Waals surface area contributed by atoms with Crippen molar-refractivity contribution in [2.24, 2.45) is 11.8 Å². The van der Waals surface area contributed by atoms with Gasteiger partial charge >= 0.3 is 6.09 Å². The predicted octanol–water partition coefficient (Wildman–Crippen LogP) is 2.65. The van der Waals surface area contributed by atoms with Crippen molar-refractivity contribution in [3.8, 4) is 0 Å². The van der Waals surface area contributed by atoms with Crippen LogP contribution >= 0.6 is 0 Å². The molecule has 0 aromatic heterocycles. The van der Waals surface area contributed by atoms with E-state index in [0.29, 0.717) is 13.0 Å². The van der Waals surface area contributed by atoms with E-state index in [2.05, 4.69) is 21.3 Å². The Hall–Kier alpha value is -3.92. The first-order chi connectivity index (χ1) is 19.1. The van der Waals surface area contributed by atoms with Gasteiger partial charge in [0.15, 0.2) is 0 Å². The van der Waals surface area contributed by atoms with Crippen LogP contribution in [0, 0.1) is 11.8 Å². The van der Waals surface area contributed by atoms with E-state index in [9.17, 15) is 24.3 Å². The van der Waals surface area contributed by atoms with E-state index in [1.807, 2.05) is 88.4 Å². The van der Waals surface area contributed by atoms with Crippen molar-refractivity contribution in [3.63, 3.8) is 0 Å². The molecule has 5 N–H and O–H groups in total. The summed E-state index contributed by atoms with van der Waals surface area (Å²) in [6.07, 6.45) is -0.130. The number of benzene rings is 2. The first kappa shape index (κ1) is 32.3. The molecule has 2 aromatic rings. The fourth-order valence-corrected chi connectivity index (χ4v) is 3.96. The van der Waals surface area contributed by atoms with Crippen molar-refractivity contribution in [1.82, 2.24) is 21.3 Å². The van der Waals surface area contributed by atoms with Crippen LogP contribution in [0.2, 0.25) is 0 Å². The lowest BCUT2D eigenvalue weighted by molar-refractivity contribution is -0.133. The highest BCUT2D eigenvalue weighted by atomic mass is 16.5. The molecular weight excluding hydrogens is 512 g/mol. The highest BCUT2D eigenvalue weighted by molar-refractivity contribution is 5.93. The molecule has 2 aromatic carbocycles. The van der Waals surface area contributed by atoms with Gasteiger partial charge in [-0.05, 0) is 35.8 Å². The second-order valence-corrected chi connectivity index (χ2v) is 10.5.